The summed E-state index contributed by atoms with van der Waals surface area (Å²) < 4.78 is 70.4. The number of rotatable bonds is 5. The lowest BCUT2D eigenvalue weighted by Gasteiger charge is -2.36. The van der Waals surface area contributed by atoms with E-state index in [0.29, 0.717) is 44.4 Å². The standard InChI is InChI=1S/C25H19ClF3NO6S/c1-14-11-16(26)12-15(2)23(14)35-24(32)22-17-7-3-5-9-19(17)30(20-10-6-4-8-18(20)22)13-21(31)36-37(33,34)25(27,28)29/h3-12,22H,13H2,1-2H3. The van der Waals surface area contributed by atoms with Crippen molar-refractivity contribution in [1.82, 2.24) is 0 Å². The second-order valence-electron chi connectivity index (χ2n) is 8.28. The van der Waals surface area contributed by atoms with Crippen molar-refractivity contribution in [3.63, 3.8) is 0 Å². The fourth-order valence-electron chi connectivity index (χ4n) is 4.22. The van der Waals surface area contributed by atoms with E-state index in [0.717, 1.165) is 0 Å². The van der Waals surface area contributed by atoms with Crippen molar-refractivity contribution in [3.8, 4) is 5.75 Å². The summed E-state index contributed by atoms with van der Waals surface area (Å²) in [5.41, 5.74) is -3.06. The van der Waals surface area contributed by atoms with Gasteiger partial charge in [0.1, 0.15) is 18.2 Å². The van der Waals surface area contributed by atoms with Crippen LogP contribution in [-0.4, -0.2) is 32.4 Å². The number of esters is 1. The first-order valence-electron chi connectivity index (χ1n) is 10.8. The van der Waals surface area contributed by atoms with Crippen molar-refractivity contribution in [2.45, 2.75) is 25.3 Å². The van der Waals surface area contributed by atoms with Gasteiger partial charge in [-0.3, -0.25) is 4.79 Å². The molecule has 1 aliphatic rings. The van der Waals surface area contributed by atoms with Crippen LogP contribution in [0.25, 0.3) is 0 Å². The zero-order valence-corrected chi connectivity index (χ0v) is 20.9. The average molecular weight is 554 g/mol. The number of carbonyl (C=O) groups excluding carboxylic acids is 2. The molecule has 0 N–H and O–H groups in total. The zero-order valence-electron chi connectivity index (χ0n) is 19.4. The Bertz CT molecular complexity index is 1440. The predicted molar refractivity (Wildman–Crippen MR) is 129 cm³/mol. The third kappa shape index (κ3) is 5.14. The Labute approximate surface area is 215 Å². The smallest absolute Gasteiger partial charge is 0.425 e. The van der Waals surface area contributed by atoms with Gasteiger partial charge in [0.25, 0.3) is 0 Å². The van der Waals surface area contributed by atoms with E-state index in [2.05, 4.69) is 4.18 Å². The second kappa shape index (κ2) is 9.71. The molecule has 0 atom stereocenters. The van der Waals surface area contributed by atoms with E-state index in [1.807, 2.05) is 0 Å². The summed E-state index contributed by atoms with van der Waals surface area (Å²) in [6, 6.07) is 16.2. The molecule has 3 aromatic rings. The van der Waals surface area contributed by atoms with Crippen molar-refractivity contribution in [2.24, 2.45) is 0 Å². The van der Waals surface area contributed by atoms with Gasteiger partial charge in [-0.1, -0.05) is 48.0 Å². The molecule has 0 aromatic heterocycles. The van der Waals surface area contributed by atoms with E-state index in [-0.39, 0.29) is 0 Å². The molecule has 0 saturated carbocycles. The summed E-state index contributed by atoms with van der Waals surface area (Å²) in [6.45, 7) is 2.62. The number of hydrogen-bond donors (Lipinski definition) is 0. The molecule has 0 saturated heterocycles. The van der Waals surface area contributed by atoms with Crippen LogP contribution in [0, 0.1) is 13.8 Å². The summed E-state index contributed by atoms with van der Waals surface area (Å²) in [4.78, 5) is 27.1. The number of fused-ring (bicyclic) bond motifs is 2. The Balaban J connectivity index is 1.73. The number of carbonyl (C=O) groups is 2. The number of halogens is 4. The van der Waals surface area contributed by atoms with Crippen molar-refractivity contribution in [3.05, 3.63) is 87.9 Å². The average Bonchev–Trinajstić information content (AvgIpc) is 2.80. The maximum Gasteiger partial charge on any atom is 0.534 e. The quantitative estimate of drug-likeness (QED) is 0.177. The first-order valence-corrected chi connectivity index (χ1v) is 12.6. The van der Waals surface area contributed by atoms with Crippen LogP contribution in [0.3, 0.4) is 0 Å². The van der Waals surface area contributed by atoms with Crippen LogP contribution in [0.2, 0.25) is 5.02 Å². The number of aryl methyl sites for hydroxylation is 2. The Morgan fingerprint density at radius 1 is 0.946 bits per heavy atom. The minimum Gasteiger partial charge on any atom is -0.425 e. The summed E-state index contributed by atoms with van der Waals surface area (Å²) in [6.07, 6.45) is 0. The lowest BCUT2D eigenvalue weighted by atomic mass is 9.85. The third-order valence-electron chi connectivity index (χ3n) is 5.71. The number of hydrogen-bond acceptors (Lipinski definition) is 7. The van der Waals surface area contributed by atoms with Crippen LogP contribution >= 0.6 is 11.6 Å². The molecule has 4 rings (SSSR count). The molecule has 12 heteroatoms. The summed E-state index contributed by atoms with van der Waals surface area (Å²) in [5.74, 6) is -2.88. The second-order valence-corrected chi connectivity index (χ2v) is 10.3. The Hall–Kier alpha value is -3.57. The molecule has 3 aromatic carbocycles. The zero-order chi connectivity index (χ0) is 27.1. The van der Waals surface area contributed by atoms with E-state index < -0.39 is 40.0 Å². The van der Waals surface area contributed by atoms with Gasteiger partial charge in [0.05, 0.1) is 0 Å². The summed E-state index contributed by atoms with van der Waals surface area (Å²) in [5, 5.41) is 0.484. The predicted octanol–water partition coefficient (Wildman–Crippen LogP) is 5.54. The molecule has 1 heterocycles. The van der Waals surface area contributed by atoms with Crippen LogP contribution in [0.5, 0.6) is 5.75 Å². The first kappa shape index (κ1) is 26.5. The van der Waals surface area contributed by atoms with Gasteiger partial charge in [-0.2, -0.15) is 21.6 Å². The fourth-order valence-corrected chi connectivity index (χ4v) is 4.94. The molecule has 0 amide bonds. The third-order valence-corrected chi connectivity index (χ3v) is 6.90. The number of alkyl halides is 3. The molecule has 37 heavy (non-hydrogen) atoms. The SMILES string of the molecule is Cc1cc(Cl)cc(C)c1OC(=O)C1c2ccccc2N(CC(=O)OS(=O)(=O)C(F)(F)F)c2ccccc21. The van der Waals surface area contributed by atoms with Gasteiger partial charge in [0.15, 0.2) is 0 Å². The summed E-state index contributed by atoms with van der Waals surface area (Å²) >= 11 is 6.08. The lowest BCUT2D eigenvalue weighted by molar-refractivity contribution is -0.135. The molecule has 0 fully saturated rings. The van der Waals surface area contributed by atoms with E-state index in [9.17, 15) is 31.2 Å². The van der Waals surface area contributed by atoms with E-state index in [1.165, 1.54) is 4.90 Å². The van der Waals surface area contributed by atoms with Crippen LogP contribution in [0.1, 0.15) is 28.2 Å². The number of nitrogens with zero attached hydrogens (tertiary/aromatic N) is 1. The van der Waals surface area contributed by atoms with Crippen LogP contribution in [0.15, 0.2) is 60.7 Å². The van der Waals surface area contributed by atoms with Crippen molar-refractivity contribution >= 4 is 45.0 Å². The van der Waals surface area contributed by atoms with Crippen LogP contribution < -0.4 is 9.64 Å². The minimum absolute atomic E-state index is 0.300. The molecule has 0 radical (unpaired) electrons. The summed E-state index contributed by atoms with van der Waals surface area (Å²) in [7, 11) is -6.13. The largest absolute Gasteiger partial charge is 0.534 e. The van der Waals surface area contributed by atoms with E-state index in [1.54, 1.807) is 74.5 Å². The topological polar surface area (TPSA) is 90.0 Å². The molecule has 0 bridgehead atoms. The van der Waals surface area contributed by atoms with Gasteiger partial charge in [-0.15, -0.1) is 0 Å². The Kier molecular flexibility index (Phi) is 6.95. The number of anilines is 2. The normalized spacial score (nSPS) is 13.5. The molecule has 7 nitrogen and oxygen atoms in total. The monoisotopic (exact) mass is 553 g/mol. The highest BCUT2D eigenvalue weighted by molar-refractivity contribution is 7.88. The molecule has 1 aliphatic heterocycles. The van der Waals surface area contributed by atoms with Gasteiger partial charge in [-0.25, -0.2) is 4.79 Å². The first-order chi connectivity index (χ1) is 17.3. The molecule has 0 unspecified atom stereocenters. The fraction of sp³-hybridized carbons (Fsp3) is 0.200. The van der Waals surface area contributed by atoms with Gasteiger partial charge in [0.2, 0.25) is 0 Å². The molecular weight excluding hydrogens is 535 g/mol. The molecule has 0 spiro atoms. The minimum atomic E-state index is -6.13. The van der Waals surface area contributed by atoms with E-state index >= 15 is 0 Å². The van der Waals surface area contributed by atoms with Gasteiger partial charge in [-0.05, 0) is 60.4 Å². The van der Waals surface area contributed by atoms with Crippen molar-refractivity contribution in [2.75, 3.05) is 11.4 Å². The van der Waals surface area contributed by atoms with Crippen molar-refractivity contribution in [1.29, 1.82) is 0 Å². The number of ether oxygens (including phenoxy) is 1. The van der Waals surface area contributed by atoms with Crippen LogP contribution in [-0.2, 0) is 23.9 Å². The Morgan fingerprint density at radius 2 is 1.43 bits per heavy atom. The van der Waals surface area contributed by atoms with Crippen LogP contribution in [0.4, 0.5) is 24.5 Å². The Morgan fingerprint density at radius 3 is 1.92 bits per heavy atom. The highest BCUT2D eigenvalue weighted by atomic mass is 35.5. The maximum absolute atomic E-state index is 13.5. The van der Waals surface area contributed by atoms with Gasteiger partial charge < -0.3 is 13.8 Å². The van der Waals surface area contributed by atoms with E-state index in [4.69, 9.17) is 16.3 Å². The molecular formula is C25H19ClF3NO6S. The van der Waals surface area contributed by atoms with Gasteiger partial charge >= 0.3 is 27.6 Å². The number of benzene rings is 3. The highest BCUT2D eigenvalue weighted by Gasteiger charge is 2.50. The van der Waals surface area contributed by atoms with Gasteiger partial charge in [0, 0.05) is 16.4 Å². The lowest BCUT2D eigenvalue weighted by Crippen LogP contribution is -2.36. The van der Waals surface area contributed by atoms with Crippen molar-refractivity contribution < 1.29 is 40.1 Å². The molecule has 194 valence electrons. The molecule has 0 aliphatic carbocycles. The maximum atomic E-state index is 13.5. The number of para-hydroxylation sites is 2. The highest BCUT2D eigenvalue weighted by Crippen LogP contribution is 2.46.